The number of nitrogens with zero attached hydrogens (tertiary/aromatic N) is 3. The predicted octanol–water partition coefficient (Wildman–Crippen LogP) is 6.81. The van der Waals surface area contributed by atoms with Crippen molar-refractivity contribution in [2.45, 2.75) is 44.7 Å². The molecule has 34 heavy (non-hydrogen) atoms. The van der Waals surface area contributed by atoms with E-state index >= 15 is 0 Å². The molecule has 0 atom stereocenters. The zero-order valence-corrected chi connectivity index (χ0v) is 20.2. The standard InChI is InChI=1S/C28H29N3O2S/c1-33-25-14-12-21(13-15-25)20-31-27(32)26(34-28(31)29-23-8-4-2-5-9-23)18-22-16-17-30(19-22)24-10-6-3-7-11-24/h2,4-5,8-9,12-19,24H,3,6-7,10-11,20H2,1H3/b26-18+,29-28?. The average molecular weight is 472 g/mol. The number of rotatable bonds is 6. The fourth-order valence-electron chi connectivity index (χ4n) is 4.53. The van der Waals surface area contributed by atoms with E-state index in [1.807, 2.05) is 60.7 Å². The summed E-state index contributed by atoms with van der Waals surface area (Å²) < 4.78 is 7.59. The maximum atomic E-state index is 13.5. The number of thioether (sulfide) groups is 1. The molecular weight excluding hydrogens is 442 g/mol. The van der Waals surface area contributed by atoms with E-state index in [4.69, 9.17) is 9.73 Å². The van der Waals surface area contributed by atoms with Gasteiger partial charge in [-0.2, -0.15) is 0 Å². The van der Waals surface area contributed by atoms with E-state index in [0.29, 0.717) is 22.7 Å². The van der Waals surface area contributed by atoms with Crippen LogP contribution in [0.2, 0.25) is 0 Å². The Labute approximate surface area is 205 Å². The second-order valence-electron chi connectivity index (χ2n) is 8.76. The minimum absolute atomic E-state index is 0.0130. The largest absolute Gasteiger partial charge is 0.497 e. The molecule has 0 unspecified atom stereocenters. The molecule has 6 heteroatoms. The molecule has 0 bridgehead atoms. The number of carbonyl (C=O) groups is 1. The summed E-state index contributed by atoms with van der Waals surface area (Å²) in [7, 11) is 1.65. The summed E-state index contributed by atoms with van der Waals surface area (Å²) >= 11 is 1.44. The highest BCUT2D eigenvalue weighted by Crippen LogP contribution is 2.36. The first kappa shape index (κ1) is 22.5. The van der Waals surface area contributed by atoms with E-state index in [0.717, 1.165) is 22.6 Å². The van der Waals surface area contributed by atoms with Gasteiger partial charge in [0.2, 0.25) is 0 Å². The Morgan fingerprint density at radius 1 is 1.03 bits per heavy atom. The van der Waals surface area contributed by atoms with Crippen LogP contribution in [0.3, 0.4) is 0 Å². The van der Waals surface area contributed by atoms with Crippen LogP contribution < -0.4 is 4.74 Å². The molecule has 1 aliphatic heterocycles. The lowest BCUT2D eigenvalue weighted by Crippen LogP contribution is -2.28. The number of benzene rings is 2. The molecule has 1 saturated heterocycles. The molecule has 2 aliphatic rings. The summed E-state index contributed by atoms with van der Waals surface area (Å²) in [5, 5.41) is 0.699. The Morgan fingerprint density at radius 3 is 2.53 bits per heavy atom. The highest BCUT2D eigenvalue weighted by molar-refractivity contribution is 8.18. The predicted molar refractivity (Wildman–Crippen MR) is 139 cm³/mol. The highest BCUT2D eigenvalue weighted by Gasteiger charge is 2.33. The van der Waals surface area contributed by atoms with Gasteiger partial charge in [-0.25, -0.2) is 4.99 Å². The van der Waals surface area contributed by atoms with Crippen molar-refractivity contribution >= 4 is 34.6 Å². The van der Waals surface area contributed by atoms with E-state index < -0.39 is 0 Å². The Kier molecular flexibility index (Phi) is 6.86. The number of methoxy groups -OCH3 is 1. The maximum absolute atomic E-state index is 13.5. The van der Waals surface area contributed by atoms with Crippen molar-refractivity contribution in [3.63, 3.8) is 0 Å². The monoisotopic (exact) mass is 471 g/mol. The second kappa shape index (κ2) is 10.3. The van der Waals surface area contributed by atoms with Crippen molar-refractivity contribution in [2.24, 2.45) is 4.99 Å². The molecule has 3 aromatic rings. The van der Waals surface area contributed by atoms with Gasteiger partial charge < -0.3 is 9.30 Å². The quantitative estimate of drug-likeness (QED) is 0.371. The van der Waals surface area contributed by atoms with Crippen LogP contribution in [0.4, 0.5) is 5.69 Å². The van der Waals surface area contributed by atoms with Gasteiger partial charge >= 0.3 is 0 Å². The van der Waals surface area contributed by atoms with Gasteiger partial charge in [-0.1, -0.05) is 49.6 Å². The summed E-state index contributed by atoms with van der Waals surface area (Å²) in [6.45, 7) is 0.460. The molecular formula is C28H29N3O2S. The number of amidine groups is 1. The zero-order chi connectivity index (χ0) is 23.3. The van der Waals surface area contributed by atoms with Crippen LogP contribution in [-0.2, 0) is 11.3 Å². The van der Waals surface area contributed by atoms with Crippen LogP contribution in [0.5, 0.6) is 5.75 Å². The number of hydrogen-bond acceptors (Lipinski definition) is 4. The number of aromatic nitrogens is 1. The summed E-state index contributed by atoms with van der Waals surface area (Å²) in [6.07, 6.45) is 12.7. The normalized spacial score (nSPS) is 19.3. The molecule has 174 valence electrons. The molecule has 1 amide bonds. The van der Waals surface area contributed by atoms with Crippen molar-refractivity contribution in [1.82, 2.24) is 9.47 Å². The Hall–Kier alpha value is -3.25. The van der Waals surface area contributed by atoms with Crippen molar-refractivity contribution < 1.29 is 9.53 Å². The lowest BCUT2D eigenvalue weighted by molar-refractivity contribution is -0.122. The highest BCUT2D eigenvalue weighted by atomic mass is 32.2. The van der Waals surface area contributed by atoms with Gasteiger partial charge in [0.25, 0.3) is 5.91 Å². The Morgan fingerprint density at radius 2 is 1.79 bits per heavy atom. The molecule has 2 heterocycles. The number of ether oxygens (including phenoxy) is 1. The molecule has 5 nitrogen and oxygen atoms in total. The topological polar surface area (TPSA) is 46.8 Å². The lowest BCUT2D eigenvalue weighted by Gasteiger charge is -2.23. The third-order valence-electron chi connectivity index (χ3n) is 6.40. The van der Waals surface area contributed by atoms with Gasteiger partial charge in [-0.15, -0.1) is 0 Å². The average Bonchev–Trinajstić information content (AvgIpc) is 3.46. The molecule has 2 fully saturated rings. The van der Waals surface area contributed by atoms with E-state index in [-0.39, 0.29) is 5.91 Å². The van der Waals surface area contributed by atoms with Crippen molar-refractivity contribution in [3.05, 3.63) is 89.1 Å². The summed E-state index contributed by atoms with van der Waals surface area (Å²) in [6, 6.07) is 20.3. The van der Waals surface area contributed by atoms with Gasteiger partial charge in [-0.05, 0) is 72.1 Å². The zero-order valence-electron chi connectivity index (χ0n) is 19.4. The van der Waals surface area contributed by atoms with Crippen LogP contribution in [0.25, 0.3) is 6.08 Å². The van der Waals surface area contributed by atoms with E-state index in [1.165, 1.54) is 43.9 Å². The number of aliphatic imine (C=N–C) groups is 1. The number of amides is 1. The maximum Gasteiger partial charge on any atom is 0.267 e. The van der Waals surface area contributed by atoms with Gasteiger partial charge in [0.1, 0.15) is 5.75 Å². The first-order valence-corrected chi connectivity index (χ1v) is 12.7. The first-order chi connectivity index (χ1) is 16.7. The molecule has 1 aliphatic carbocycles. The number of hydrogen-bond donors (Lipinski definition) is 0. The summed E-state index contributed by atoms with van der Waals surface area (Å²) in [4.78, 5) is 20.7. The first-order valence-electron chi connectivity index (χ1n) is 11.9. The lowest BCUT2D eigenvalue weighted by atomic mass is 9.95. The molecule has 0 N–H and O–H groups in total. The van der Waals surface area contributed by atoms with Crippen LogP contribution in [-0.4, -0.2) is 27.7 Å². The van der Waals surface area contributed by atoms with Crippen molar-refractivity contribution in [3.8, 4) is 5.75 Å². The molecule has 0 spiro atoms. The fraction of sp³-hybridized carbons (Fsp3) is 0.286. The summed E-state index contributed by atoms with van der Waals surface area (Å²) in [5.74, 6) is 0.785. The van der Waals surface area contributed by atoms with Crippen LogP contribution in [0.1, 0.15) is 49.3 Å². The Balaban J connectivity index is 1.41. The Bertz CT molecular complexity index is 1190. The van der Waals surface area contributed by atoms with Crippen molar-refractivity contribution in [1.29, 1.82) is 0 Å². The van der Waals surface area contributed by atoms with E-state index in [2.05, 4.69) is 23.0 Å². The van der Waals surface area contributed by atoms with E-state index in [1.54, 1.807) is 12.0 Å². The van der Waals surface area contributed by atoms with Gasteiger partial charge in [0.05, 0.1) is 24.2 Å². The third kappa shape index (κ3) is 5.12. The summed E-state index contributed by atoms with van der Waals surface area (Å²) in [5.41, 5.74) is 2.93. The van der Waals surface area contributed by atoms with Gasteiger partial charge in [0, 0.05) is 18.4 Å². The molecule has 1 aromatic heterocycles. The van der Waals surface area contributed by atoms with Crippen LogP contribution >= 0.6 is 11.8 Å². The SMILES string of the molecule is COc1ccc(CN2C(=O)/C(=C\c3ccn(C4CCCCC4)c3)SC2=Nc2ccccc2)cc1. The van der Waals surface area contributed by atoms with Gasteiger partial charge in [0.15, 0.2) is 5.17 Å². The third-order valence-corrected chi connectivity index (χ3v) is 7.41. The fourth-order valence-corrected chi connectivity index (χ4v) is 5.53. The van der Waals surface area contributed by atoms with Crippen LogP contribution in [0, 0.1) is 0 Å². The van der Waals surface area contributed by atoms with E-state index in [9.17, 15) is 4.79 Å². The smallest absolute Gasteiger partial charge is 0.267 e. The molecule has 2 aromatic carbocycles. The van der Waals surface area contributed by atoms with Gasteiger partial charge in [-0.3, -0.25) is 9.69 Å². The number of carbonyl (C=O) groups excluding carboxylic acids is 1. The minimum atomic E-state index is -0.0130. The minimum Gasteiger partial charge on any atom is -0.497 e. The molecule has 0 radical (unpaired) electrons. The van der Waals surface area contributed by atoms with Crippen molar-refractivity contribution in [2.75, 3.05) is 7.11 Å². The van der Waals surface area contributed by atoms with Crippen LogP contribution in [0.15, 0.2) is 83.0 Å². The number of para-hydroxylation sites is 1. The molecule has 5 rings (SSSR count). The molecule has 1 saturated carbocycles. The second-order valence-corrected chi connectivity index (χ2v) is 9.77.